The number of carbonyl (C=O) groups excluding carboxylic acids is 3. The van der Waals surface area contributed by atoms with E-state index in [4.69, 9.17) is 19.4 Å². The van der Waals surface area contributed by atoms with Gasteiger partial charge in [-0.1, -0.05) is 30.0 Å². The first-order valence-corrected chi connectivity index (χ1v) is 11.6. The molecule has 2 amide bonds. The van der Waals surface area contributed by atoms with Gasteiger partial charge in [-0.05, 0) is 35.9 Å². The number of methoxy groups -OCH3 is 2. The van der Waals surface area contributed by atoms with E-state index in [9.17, 15) is 24.0 Å². The molecule has 2 aromatic rings. The van der Waals surface area contributed by atoms with Crippen molar-refractivity contribution >= 4 is 41.2 Å². The van der Waals surface area contributed by atoms with Crippen LogP contribution in [0.3, 0.4) is 0 Å². The first kappa shape index (κ1) is 28.9. The van der Waals surface area contributed by atoms with Gasteiger partial charge in [0.1, 0.15) is 17.5 Å². The second kappa shape index (κ2) is 13.6. The van der Waals surface area contributed by atoms with E-state index in [1.54, 1.807) is 30.3 Å². The van der Waals surface area contributed by atoms with E-state index in [-0.39, 0.29) is 27.8 Å². The number of esters is 1. The van der Waals surface area contributed by atoms with Crippen LogP contribution >= 0.6 is 11.8 Å². The number of carbonyl (C=O) groups is 4. The summed E-state index contributed by atoms with van der Waals surface area (Å²) in [7, 11) is 2.64. The van der Waals surface area contributed by atoms with Gasteiger partial charge in [-0.2, -0.15) is 5.26 Å². The number of hydrogen-bond donors (Lipinski definition) is 3. The molecule has 194 valence electrons. The van der Waals surface area contributed by atoms with Crippen molar-refractivity contribution < 1.29 is 38.1 Å². The van der Waals surface area contributed by atoms with Crippen molar-refractivity contribution in [1.29, 1.82) is 5.26 Å². The zero-order chi connectivity index (χ0) is 27.5. The zero-order valence-electron chi connectivity index (χ0n) is 20.1. The van der Waals surface area contributed by atoms with E-state index in [0.29, 0.717) is 11.4 Å². The molecule has 12 heteroatoms. The number of carboxylic acid groups (broad SMARTS) is 1. The van der Waals surface area contributed by atoms with Crippen LogP contribution in [-0.2, 0) is 23.9 Å². The van der Waals surface area contributed by atoms with Gasteiger partial charge >= 0.3 is 5.97 Å². The Bertz CT molecular complexity index is 1240. The van der Waals surface area contributed by atoms with Crippen molar-refractivity contribution in [3.8, 4) is 11.8 Å². The summed E-state index contributed by atoms with van der Waals surface area (Å²) in [6.45, 7) is 1.08. The summed E-state index contributed by atoms with van der Waals surface area (Å²) in [5.41, 5.74) is 0.524. The maximum Gasteiger partial charge on any atom is 0.319 e. The summed E-state index contributed by atoms with van der Waals surface area (Å²) in [6.07, 6.45) is 0. The highest BCUT2D eigenvalue weighted by Gasteiger charge is 2.45. The molecule has 1 aliphatic heterocycles. The van der Waals surface area contributed by atoms with Crippen LogP contribution in [0.4, 0.5) is 10.1 Å². The maximum atomic E-state index is 14.6. The third kappa shape index (κ3) is 7.81. The lowest BCUT2D eigenvalue weighted by atomic mass is 9.78. The monoisotopic (exact) mass is 529 g/mol. The SMILES string of the molecule is CC(=O)O.COC(=O)C1C(=O)NC(SCC(=O)Nc2ccc(OC)cc2)=C(C#N)C1c1ccccc1F. The summed E-state index contributed by atoms with van der Waals surface area (Å²) < 4.78 is 24.4. The minimum absolute atomic E-state index is 0.0140. The molecular weight excluding hydrogens is 505 g/mol. The number of rotatable bonds is 7. The molecule has 0 radical (unpaired) electrons. The number of hydrogen-bond acceptors (Lipinski definition) is 8. The number of carboxylic acids is 1. The number of nitrogens with one attached hydrogen (secondary N) is 2. The van der Waals surface area contributed by atoms with Crippen LogP contribution in [0.5, 0.6) is 5.75 Å². The molecule has 2 aromatic carbocycles. The number of nitrogens with zero attached hydrogens (tertiary/aromatic N) is 1. The van der Waals surface area contributed by atoms with Crippen LogP contribution in [0, 0.1) is 23.1 Å². The van der Waals surface area contributed by atoms with E-state index >= 15 is 0 Å². The largest absolute Gasteiger partial charge is 0.497 e. The van der Waals surface area contributed by atoms with Gasteiger partial charge in [-0.25, -0.2) is 4.39 Å². The molecule has 0 bridgehead atoms. The number of aliphatic carboxylic acids is 1. The Morgan fingerprint density at radius 2 is 1.78 bits per heavy atom. The van der Waals surface area contributed by atoms with Crippen molar-refractivity contribution in [3.05, 3.63) is 70.5 Å². The molecule has 1 heterocycles. The van der Waals surface area contributed by atoms with E-state index in [1.165, 1.54) is 25.3 Å². The number of allylic oxidation sites excluding steroid dienone is 1. The van der Waals surface area contributed by atoms with E-state index < -0.39 is 35.5 Å². The molecule has 37 heavy (non-hydrogen) atoms. The van der Waals surface area contributed by atoms with Crippen molar-refractivity contribution in [2.24, 2.45) is 5.92 Å². The highest BCUT2D eigenvalue weighted by Crippen LogP contribution is 2.41. The summed E-state index contributed by atoms with van der Waals surface area (Å²) in [5.74, 6) is -5.66. The van der Waals surface area contributed by atoms with Crippen LogP contribution in [0.1, 0.15) is 18.4 Å². The minimum Gasteiger partial charge on any atom is -0.497 e. The Balaban J connectivity index is 0.00000112. The molecular formula is C25H24FN3O7S. The zero-order valence-corrected chi connectivity index (χ0v) is 20.9. The number of nitriles is 1. The van der Waals surface area contributed by atoms with Crippen LogP contribution in [0.25, 0.3) is 0 Å². The summed E-state index contributed by atoms with van der Waals surface area (Å²) >= 11 is 0.908. The average molecular weight is 530 g/mol. The molecule has 0 aliphatic carbocycles. The van der Waals surface area contributed by atoms with E-state index in [1.807, 2.05) is 6.07 Å². The average Bonchev–Trinajstić information content (AvgIpc) is 2.87. The Morgan fingerprint density at radius 3 is 2.32 bits per heavy atom. The fourth-order valence-electron chi connectivity index (χ4n) is 3.39. The van der Waals surface area contributed by atoms with Crippen LogP contribution in [0.2, 0.25) is 0 Å². The molecule has 2 unspecified atom stereocenters. The topological polar surface area (TPSA) is 155 Å². The second-order valence-corrected chi connectivity index (χ2v) is 8.41. The molecule has 10 nitrogen and oxygen atoms in total. The fourth-order valence-corrected chi connectivity index (χ4v) is 4.24. The van der Waals surface area contributed by atoms with Gasteiger partial charge in [0.25, 0.3) is 5.97 Å². The number of anilines is 1. The van der Waals surface area contributed by atoms with Crippen molar-refractivity contribution in [3.63, 3.8) is 0 Å². The van der Waals surface area contributed by atoms with Gasteiger partial charge in [0.2, 0.25) is 11.8 Å². The van der Waals surface area contributed by atoms with E-state index in [0.717, 1.165) is 25.8 Å². The van der Waals surface area contributed by atoms with Gasteiger partial charge < -0.3 is 25.2 Å². The number of ether oxygens (including phenoxy) is 2. The number of thioether (sulfide) groups is 1. The predicted octanol–water partition coefficient (Wildman–Crippen LogP) is 3.03. The standard InChI is InChI=1S/C23H20FN3O5S.C2H4O2/c1-31-14-9-7-13(8-10-14)26-18(28)12-33-22-16(11-25)19(15-5-3-4-6-17(15)24)20(21(29)27-22)23(30)32-2;1-2(3)4/h3-10,19-20H,12H2,1-2H3,(H,26,28)(H,27,29);1H3,(H,3,4). The second-order valence-electron chi connectivity index (χ2n) is 7.43. The fraction of sp³-hybridized carbons (Fsp3) is 0.240. The molecule has 0 spiro atoms. The summed E-state index contributed by atoms with van der Waals surface area (Å²) in [5, 5.41) is 22.5. The highest BCUT2D eigenvalue weighted by atomic mass is 32.2. The quantitative estimate of drug-likeness (QED) is 0.363. The third-order valence-electron chi connectivity index (χ3n) is 4.95. The van der Waals surface area contributed by atoms with Gasteiger partial charge in [0.15, 0.2) is 0 Å². The Morgan fingerprint density at radius 1 is 1.16 bits per heavy atom. The van der Waals surface area contributed by atoms with E-state index in [2.05, 4.69) is 10.6 Å². The number of benzene rings is 2. The third-order valence-corrected chi connectivity index (χ3v) is 5.96. The molecule has 3 N–H and O–H groups in total. The lowest BCUT2D eigenvalue weighted by Gasteiger charge is -2.31. The molecule has 3 rings (SSSR count). The lowest BCUT2D eigenvalue weighted by molar-refractivity contribution is -0.150. The highest BCUT2D eigenvalue weighted by molar-refractivity contribution is 8.03. The van der Waals surface area contributed by atoms with Crippen molar-refractivity contribution in [2.45, 2.75) is 12.8 Å². The first-order chi connectivity index (χ1) is 17.6. The van der Waals surface area contributed by atoms with Crippen molar-refractivity contribution in [1.82, 2.24) is 5.32 Å². The molecule has 0 saturated carbocycles. The lowest BCUT2D eigenvalue weighted by Crippen LogP contribution is -2.44. The minimum atomic E-state index is -1.45. The molecule has 1 aliphatic rings. The van der Waals surface area contributed by atoms with Gasteiger partial charge in [0, 0.05) is 18.5 Å². The normalized spacial score (nSPS) is 16.4. The molecule has 2 atom stereocenters. The van der Waals surface area contributed by atoms with Crippen molar-refractivity contribution in [2.75, 3.05) is 25.3 Å². The smallest absolute Gasteiger partial charge is 0.319 e. The Labute approximate surface area is 216 Å². The number of amides is 2. The van der Waals surface area contributed by atoms with Crippen LogP contribution in [0.15, 0.2) is 59.1 Å². The summed E-state index contributed by atoms with van der Waals surface area (Å²) in [4.78, 5) is 46.5. The van der Waals surface area contributed by atoms with Gasteiger partial charge in [-0.15, -0.1) is 0 Å². The van der Waals surface area contributed by atoms with Gasteiger partial charge in [-0.3, -0.25) is 19.2 Å². The Kier molecular flexibility index (Phi) is 10.6. The number of halogens is 1. The predicted molar refractivity (Wildman–Crippen MR) is 133 cm³/mol. The molecule has 0 fully saturated rings. The van der Waals surface area contributed by atoms with Crippen LogP contribution in [-0.4, -0.2) is 48.8 Å². The molecule has 0 saturated heterocycles. The maximum absolute atomic E-state index is 14.6. The Hall–Kier alpha value is -4.37. The summed E-state index contributed by atoms with van der Waals surface area (Å²) in [6, 6.07) is 14.3. The van der Waals surface area contributed by atoms with Crippen LogP contribution < -0.4 is 15.4 Å². The van der Waals surface area contributed by atoms with Gasteiger partial charge in [0.05, 0.1) is 36.6 Å². The first-order valence-electron chi connectivity index (χ1n) is 10.7. The molecule has 0 aromatic heterocycles.